The first kappa shape index (κ1) is 15.5. The molecule has 2 atom stereocenters. The Morgan fingerprint density at radius 1 is 1.14 bits per heavy atom. The molecule has 0 aromatic heterocycles. The Balaban J connectivity index is 1.99. The number of rotatable bonds is 2. The van der Waals surface area contributed by atoms with E-state index in [0.29, 0.717) is 12.5 Å². The van der Waals surface area contributed by atoms with Crippen LogP contribution in [0, 0.1) is 0 Å². The van der Waals surface area contributed by atoms with Crippen LogP contribution in [0.15, 0.2) is 35.3 Å². The van der Waals surface area contributed by atoms with Gasteiger partial charge in [0.05, 0.1) is 5.54 Å². The molecule has 4 heteroatoms. The summed E-state index contributed by atoms with van der Waals surface area (Å²) >= 11 is 0. The summed E-state index contributed by atoms with van der Waals surface area (Å²) in [5.74, 6) is 0.715. The molecular formula is C18H26N2O2. The smallest absolute Gasteiger partial charge is 0.221 e. The van der Waals surface area contributed by atoms with E-state index in [9.17, 15) is 0 Å². The molecule has 0 spiro atoms. The highest BCUT2D eigenvalue weighted by atomic mass is 16.8. The fourth-order valence-corrected chi connectivity index (χ4v) is 3.09. The summed E-state index contributed by atoms with van der Waals surface area (Å²) in [4.78, 5) is 11.0. The molecule has 1 fully saturated rings. The highest BCUT2D eigenvalue weighted by Crippen LogP contribution is 2.50. The molecule has 2 aliphatic heterocycles. The minimum absolute atomic E-state index is 0.0886. The van der Waals surface area contributed by atoms with E-state index in [0.717, 1.165) is 0 Å². The lowest BCUT2D eigenvalue weighted by Crippen LogP contribution is -2.68. The third-order valence-electron chi connectivity index (χ3n) is 4.21. The van der Waals surface area contributed by atoms with Crippen molar-refractivity contribution in [2.75, 3.05) is 6.61 Å². The van der Waals surface area contributed by atoms with Crippen molar-refractivity contribution in [1.29, 1.82) is 0 Å². The molecule has 3 rings (SSSR count). The van der Waals surface area contributed by atoms with Crippen molar-refractivity contribution >= 4 is 5.90 Å². The van der Waals surface area contributed by atoms with Crippen molar-refractivity contribution in [1.82, 2.24) is 5.06 Å². The molecular weight excluding hydrogens is 276 g/mol. The van der Waals surface area contributed by atoms with Gasteiger partial charge in [-0.2, -0.15) is 5.06 Å². The van der Waals surface area contributed by atoms with Crippen LogP contribution in [-0.2, 0) is 9.57 Å². The molecule has 120 valence electrons. The van der Waals surface area contributed by atoms with Gasteiger partial charge in [0.1, 0.15) is 12.6 Å². The van der Waals surface area contributed by atoms with Gasteiger partial charge < -0.3 is 4.74 Å². The second kappa shape index (κ2) is 4.80. The molecule has 0 aliphatic carbocycles. The third-order valence-corrected chi connectivity index (χ3v) is 4.21. The molecule has 2 unspecified atom stereocenters. The Hall–Kier alpha value is -1.39. The molecule has 0 bridgehead atoms. The van der Waals surface area contributed by atoms with Gasteiger partial charge in [-0.3, -0.25) is 4.84 Å². The molecule has 22 heavy (non-hydrogen) atoms. The highest BCUT2D eigenvalue weighted by molar-refractivity contribution is 5.88. The van der Waals surface area contributed by atoms with Crippen LogP contribution in [0.3, 0.4) is 0 Å². The maximum Gasteiger partial charge on any atom is 0.221 e. The summed E-state index contributed by atoms with van der Waals surface area (Å²) in [5.41, 5.74) is 0.421. The zero-order valence-electron chi connectivity index (χ0n) is 14.4. The van der Waals surface area contributed by atoms with Gasteiger partial charge in [0.15, 0.2) is 5.60 Å². The van der Waals surface area contributed by atoms with Crippen LogP contribution >= 0.6 is 0 Å². The van der Waals surface area contributed by atoms with Crippen molar-refractivity contribution < 1.29 is 9.57 Å². The average Bonchev–Trinajstić information content (AvgIpc) is 2.76. The molecule has 2 heterocycles. The van der Waals surface area contributed by atoms with Gasteiger partial charge in [0.25, 0.3) is 0 Å². The Morgan fingerprint density at radius 3 is 2.27 bits per heavy atom. The van der Waals surface area contributed by atoms with Crippen molar-refractivity contribution in [3.8, 4) is 0 Å². The van der Waals surface area contributed by atoms with Crippen LogP contribution in [-0.4, -0.2) is 34.2 Å². The molecule has 1 saturated heterocycles. The molecule has 1 aromatic carbocycles. The van der Waals surface area contributed by atoms with E-state index in [4.69, 9.17) is 14.6 Å². The minimum Gasteiger partial charge on any atom is -0.476 e. The summed E-state index contributed by atoms with van der Waals surface area (Å²) in [6, 6.07) is 10.6. The van der Waals surface area contributed by atoms with Crippen LogP contribution in [0.2, 0.25) is 0 Å². The largest absolute Gasteiger partial charge is 0.476 e. The van der Waals surface area contributed by atoms with E-state index in [1.165, 1.54) is 5.56 Å². The highest BCUT2D eigenvalue weighted by Gasteiger charge is 2.61. The first-order valence-corrected chi connectivity index (χ1v) is 7.90. The first-order valence-electron chi connectivity index (χ1n) is 7.90. The Bertz CT molecular complexity index is 589. The van der Waals surface area contributed by atoms with Crippen LogP contribution in [0.25, 0.3) is 0 Å². The number of hydrogen-bond acceptors (Lipinski definition) is 4. The second-order valence-corrected chi connectivity index (χ2v) is 8.03. The molecule has 0 amide bonds. The van der Waals surface area contributed by atoms with Gasteiger partial charge in [-0.25, -0.2) is 4.99 Å². The lowest BCUT2D eigenvalue weighted by Gasteiger charge is -2.58. The summed E-state index contributed by atoms with van der Waals surface area (Å²) in [6.07, 6.45) is 0. The van der Waals surface area contributed by atoms with E-state index in [-0.39, 0.29) is 17.1 Å². The van der Waals surface area contributed by atoms with Crippen LogP contribution < -0.4 is 0 Å². The number of ether oxygens (including phenoxy) is 1. The zero-order valence-corrected chi connectivity index (χ0v) is 14.4. The molecule has 0 radical (unpaired) electrons. The molecule has 1 aromatic rings. The number of aliphatic imine (C=N–C) groups is 1. The Morgan fingerprint density at radius 2 is 1.77 bits per heavy atom. The topological polar surface area (TPSA) is 34.1 Å². The summed E-state index contributed by atoms with van der Waals surface area (Å²) in [7, 11) is 0. The van der Waals surface area contributed by atoms with E-state index in [1.54, 1.807) is 0 Å². The summed E-state index contributed by atoms with van der Waals surface area (Å²) in [5, 5.41) is 2.06. The van der Waals surface area contributed by atoms with Gasteiger partial charge in [0, 0.05) is 5.54 Å². The van der Waals surface area contributed by atoms with E-state index in [2.05, 4.69) is 70.9 Å². The predicted octanol–water partition coefficient (Wildman–Crippen LogP) is 3.74. The van der Waals surface area contributed by atoms with Gasteiger partial charge >= 0.3 is 0 Å². The minimum atomic E-state index is -0.539. The molecule has 0 saturated carbocycles. The van der Waals surface area contributed by atoms with Crippen molar-refractivity contribution in [2.45, 2.75) is 64.3 Å². The normalized spacial score (nSPS) is 31.4. The standard InChI is InChI=1S/C18H26N2O2/c1-16(2,3)20-14(13-10-8-7-9-11-13)18(6,22-20)15-19-17(4,5)12-21-15/h7-11,14H,12H2,1-6H3. The van der Waals surface area contributed by atoms with Crippen molar-refractivity contribution in [3.05, 3.63) is 35.9 Å². The SMILES string of the molecule is CC1(C)COC(C2(C)ON(C(C)(C)C)C2c2ccccc2)=N1. The Kier molecular flexibility index (Phi) is 3.38. The number of benzene rings is 1. The number of hydroxylamine groups is 2. The summed E-state index contributed by atoms with van der Waals surface area (Å²) in [6.45, 7) is 13.3. The van der Waals surface area contributed by atoms with E-state index in [1.807, 2.05) is 6.07 Å². The van der Waals surface area contributed by atoms with Crippen LogP contribution in [0.4, 0.5) is 0 Å². The summed E-state index contributed by atoms with van der Waals surface area (Å²) < 4.78 is 5.89. The van der Waals surface area contributed by atoms with E-state index < -0.39 is 5.60 Å². The number of nitrogens with zero attached hydrogens (tertiary/aromatic N) is 2. The van der Waals surface area contributed by atoms with Gasteiger partial charge in [-0.1, -0.05) is 30.3 Å². The maximum absolute atomic E-state index is 6.21. The first-order chi connectivity index (χ1) is 10.1. The monoisotopic (exact) mass is 302 g/mol. The zero-order chi connectivity index (χ0) is 16.2. The molecule has 2 aliphatic rings. The quantitative estimate of drug-likeness (QED) is 0.834. The van der Waals surface area contributed by atoms with Gasteiger partial charge in [-0.15, -0.1) is 0 Å². The van der Waals surface area contributed by atoms with E-state index >= 15 is 0 Å². The lowest BCUT2D eigenvalue weighted by atomic mass is 9.84. The molecule has 4 nitrogen and oxygen atoms in total. The van der Waals surface area contributed by atoms with Gasteiger partial charge in [0.2, 0.25) is 5.90 Å². The fourth-order valence-electron chi connectivity index (χ4n) is 3.09. The van der Waals surface area contributed by atoms with Gasteiger partial charge in [-0.05, 0) is 47.1 Å². The maximum atomic E-state index is 6.21. The third kappa shape index (κ3) is 2.44. The molecule has 0 N–H and O–H groups in total. The Labute approximate surface area is 133 Å². The number of hydrogen-bond donors (Lipinski definition) is 0. The predicted molar refractivity (Wildman–Crippen MR) is 87.7 cm³/mol. The average molecular weight is 302 g/mol. The van der Waals surface area contributed by atoms with Crippen molar-refractivity contribution in [2.24, 2.45) is 4.99 Å². The van der Waals surface area contributed by atoms with Crippen LogP contribution in [0.5, 0.6) is 0 Å². The van der Waals surface area contributed by atoms with Crippen LogP contribution in [0.1, 0.15) is 53.1 Å². The second-order valence-electron chi connectivity index (χ2n) is 8.03. The van der Waals surface area contributed by atoms with Crippen molar-refractivity contribution in [3.63, 3.8) is 0 Å². The fraction of sp³-hybridized carbons (Fsp3) is 0.611. The lowest BCUT2D eigenvalue weighted by molar-refractivity contribution is -0.399.